The molecule has 0 aromatic carbocycles. The summed E-state index contributed by atoms with van der Waals surface area (Å²) in [6, 6.07) is 0. The van der Waals surface area contributed by atoms with Crippen LogP contribution in [0, 0.1) is 6.58 Å². The quantitative estimate of drug-likeness (QED) is 0.328. The first-order valence-corrected chi connectivity index (χ1v) is 8.41. The molecule has 0 heterocycles. The summed E-state index contributed by atoms with van der Waals surface area (Å²) in [5.41, 5.74) is 0. The molecule has 0 unspecified atom stereocenters. The zero-order valence-electron chi connectivity index (χ0n) is 15.1. The molecule has 0 N–H and O–H groups in total. The van der Waals surface area contributed by atoms with E-state index in [2.05, 4.69) is 6.58 Å². The van der Waals surface area contributed by atoms with Crippen LogP contribution in [0.4, 0.5) is 0 Å². The van der Waals surface area contributed by atoms with Crippen molar-refractivity contribution in [2.24, 2.45) is 0 Å². The molecule has 0 aromatic rings. The van der Waals surface area contributed by atoms with Crippen molar-refractivity contribution in [3.05, 3.63) is 159 Å². The highest BCUT2D eigenvalue weighted by Crippen LogP contribution is 1.87. The summed E-state index contributed by atoms with van der Waals surface area (Å²) in [5, 5.41) is 0. The van der Waals surface area contributed by atoms with Crippen LogP contribution in [0.2, 0.25) is 0 Å². The minimum absolute atomic E-state index is 1.50. The van der Waals surface area contributed by atoms with Crippen LogP contribution in [0.1, 0.15) is 0 Å². The van der Waals surface area contributed by atoms with Gasteiger partial charge in [-0.25, -0.2) is 0 Å². The van der Waals surface area contributed by atoms with Gasteiger partial charge in [0.15, 0.2) is 0 Å². The highest BCUT2D eigenvalue weighted by molar-refractivity contribution is 5.23. The van der Waals surface area contributed by atoms with E-state index in [-0.39, 0.29) is 0 Å². The van der Waals surface area contributed by atoms with Gasteiger partial charge in [0.05, 0.1) is 0 Å². The zero-order valence-corrected chi connectivity index (χ0v) is 15.1. The second-order valence-corrected chi connectivity index (χ2v) is 4.66. The molecule has 0 aliphatic rings. The largest absolute Gasteiger partial charge is 0.0991 e. The van der Waals surface area contributed by atoms with Crippen molar-refractivity contribution < 1.29 is 0 Å². The summed E-state index contributed by atoms with van der Waals surface area (Å²) in [5.74, 6) is 0. The lowest BCUT2D eigenvalue weighted by molar-refractivity contribution is 1.82. The van der Waals surface area contributed by atoms with E-state index < -0.39 is 0 Å². The number of allylic oxidation sites excluding steroid dienone is 24. The van der Waals surface area contributed by atoms with Gasteiger partial charge in [0.25, 0.3) is 0 Å². The molecule has 0 spiro atoms. The molecule has 0 rings (SSSR count). The molecule has 1 radical (unpaired) electrons. The van der Waals surface area contributed by atoms with Crippen LogP contribution in [0.15, 0.2) is 152 Å². The highest BCUT2D eigenvalue weighted by atomic mass is 13.7. The Kier molecular flexibility index (Phi) is 18.8. The standard InChI is InChI=1S/C26H27/c1-3-5-7-9-11-13-15-17-19-21-23-25-26-24-22-20-18-16-14-12-10-8-6-4-2/h1,3-26H,2H2/b3-1?,7-5+,8-6+,11-9+,12-10+,15-13+,16-14+,19-17+,20-18+,23-21+,24-22+,26-25+. The van der Waals surface area contributed by atoms with Gasteiger partial charge < -0.3 is 0 Å². The van der Waals surface area contributed by atoms with Crippen LogP contribution in [0.3, 0.4) is 0 Å². The van der Waals surface area contributed by atoms with Gasteiger partial charge in [0.2, 0.25) is 0 Å². The third-order valence-corrected chi connectivity index (χ3v) is 2.58. The predicted molar refractivity (Wildman–Crippen MR) is 120 cm³/mol. The number of rotatable bonds is 12. The maximum atomic E-state index is 5.21. The van der Waals surface area contributed by atoms with Crippen LogP contribution < -0.4 is 0 Å². The molecule has 0 heteroatoms. The Balaban J connectivity index is 3.93. The Bertz CT molecular complexity index is 616. The van der Waals surface area contributed by atoms with Crippen LogP contribution in [0.5, 0.6) is 0 Å². The van der Waals surface area contributed by atoms with Gasteiger partial charge in [-0.2, -0.15) is 0 Å². The van der Waals surface area contributed by atoms with Crippen molar-refractivity contribution in [2.75, 3.05) is 0 Å². The Morgan fingerprint density at radius 1 is 0.308 bits per heavy atom. The molecule has 0 bridgehead atoms. The summed E-state index contributed by atoms with van der Waals surface area (Å²) in [6.45, 7) is 8.82. The SMILES string of the molecule is [CH]=C/C=C/C=C/C=C/C=C/C=C/C=C/C=C/C=C/C=C/C=C/C=C/C=C. The predicted octanol–water partition coefficient (Wildman–Crippen LogP) is 7.28. The first-order chi connectivity index (χ1) is 12.9. The number of hydrogen-bond donors (Lipinski definition) is 0. The van der Waals surface area contributed by atoms with Gasteiger partial charge in [-0.1, -0.05) is 159 Å². The first kappa shape index (κ1) is 22.6. The molecular weight excluding hydrogens is 312 g/mol. The smallest absolute Gasteiger partial charge is 0.0623 e. The van der Waals surface area contributed by atoms with E-state index in [1.165, 1.54) is 6.08 Å². The lowest BCUT2D eigenvalue weighted by Crippen LogP contribution is -1.54. The minimum Gasteiger partial charge on any atom is -0.0991 e. The Morgan fingerprint density at radius 3 is 0.692 bits per heavy atom. The van der Waals surface area contributed by atoms with Gasteiger partial charge in [0.1, 0.15) is 0 Å². The summed E-state index contributed by atoms with van der Waals surface area (Å²) >= 11 is 0. The van der Waals surface area contributed by atoms with Gasteiger partial charge in [0, 0.05) is 0 Å². The number of hydrogen-bond acceptors (Lipinski definition) is 0. The van der Waals surface area contributed by atoms with Gasteiger partial charge >= 0.3 is 0 Å². The van der Waals surface area contributed by atoms with E-state index in [1.807, 2.05) is 128 Å². The molecule has 0 atom stereocenters. The van der Waals surface area contributed by atoms with Crippen molar-refractivity contribution in [1.29, 1.82) is 0 Å². The minimum atomic E-state index is 1.50. The average molecular weight is 340 g/mol. The van der Waals surface area contributed by atoms with E-state index in [1.54, 1.807) is 12.2 Å². The van der Waals surface area contributed by atoms with E-state index in [0.717, 1.165) is 0 Å². The molecule has 0 saturated heterocycles. The topological polar surface area (TPSA) is 0 Å². The fourth-order valence-corrected chi connectivity index (χ4v) is 1.43. The average Bonchev–Trinajstić information content (AvgIpc) is 2.66. The molecule has 26 heavy (non-hydrogen) atoms. The first-order valence-electron chi connectivity index (χ1n) is 8.41. The van der Waals surface area contributed by atoms with Crippen molar-refractivity contribution in [3.8, 4) is 0 Å². The lowest BCUT2D eigenvalue weighted by Gasteiger charge is -1.76. The second kappa shape index (κ2) is 21.6. The Hall–Kier alpha value is -3.38. The highest BCUT2D eigenvalue weighted by Gasteiger charge is 1.65. The van der Waals surface area contributed by atoms with Gasteiger partial charge in [-0.3, -0.25) is 0 Å². The fraction of sp³-hybridized carbons (Fsp3) is 0. The zero-order chi connectivity index (χ0) is 19.0. The molecule has 0 fully saturated rings. The van der Waals surface area contributed by atoms with E-state index >= 15 is 0 Å². The molecule has 0 amide bonds. The van der Waals surface area contributed by atoms with Crippen LogP contribution >= 0.6 is 0 Å². The van der Waals surface area contributed by atoms with Crippen LogP contribution in [0.25, 0.3) is 0 Å². The van der Waals surface area contributed by atoms with Gasteiger partial charge in [-0.15, -0.1) is 0 Å². The molecule has 0 saturated carbocycles. The third-order valence-electron chi connectivity index (χ3n) is 2.58. The molecule has 131 valence electrons. The molecule has 0 nitrogen and oxygen atoms in total. The van der Waals surface area contributed by atoms with Crippen molar-refractivity contribution in [1.82, 2.24) is 0 Å². The summed E-state index contributed by atoms with van der Waals surface area (Å²) < 4.78 is 0. The van der Waals surface area contributed by atoms with Crippen LogP contribution in [-0.2, 0) is 0 Å². The van der Waals surface area contributed by atoms with Gasteiger partial charge in [-0.05, 0) is 0 Å². The maximum absolute atomic E-state index is 5.21. The van der Waals surface area contributed by atoms with E-state index in [9.17, 15) is 0 Å². The lowest BCUT2D eigenvalue weighted by atomic mass is 10.3. The summed E-state index contributed by atoms with van der Waals surface area (Å²) in [4.78, 5) is 0. The Morgan fingerprint density at radius 2 is 0.500 bits per heavy atom. The fourth-order valence-electron chi connectivity index (χ4n) is 1.43. The van der Waals surface area contributed by atoms with Crippen molar-refractivity contribution in [3.63, 3.8) is 0 Å². The summed E-state index contributed by atoms with van der Waals surface area (Å²) in [7, 11) is 0. The summed E-state index contributed by atoms with van der Waals surface area (Å²) in [6.07, 6.45) is 46.2. The molecule has 0 aliphatic heterocycles. The second-order valence-electron chi connectivity index (χ2n) is 4.66. The van der Waals surface area contributed by atoms with Crippen molar-refractivity contribution >= 4 is 0 Å². The molecular formula is C26H27. The maximum Gasteiger partial charge on any atom is -0.0623 e. The normalized spacial score (nSPS) is 14.3. The Labute approximate surface area is 159 Å². The van der Waals surface area contributed by atoms with Crippen molar-refractivity contribution in [2.45, 2.75) is 0 Å². The third kappa shape index (κ3) is 20.6. The van der Waals surface area contributed by atoms with E-state index in [4.69, 9.17) is 6.58 Å². The van der Waals surface area contributed by atoms with E-state index in [0.29, 0.717) is 0 Å². The van der Waals surface area contributed by atoms with Crippen LogP contribution in [-0.4, -0.2) is 0 Å². The molecule has 0 aromatic heterocycles. The monoisotopic (exact) mass is 339 g/mol. The molecule has 0 aliphatic carbocycles.